The first-order valence-electron chi connectivity index (χ1n) is 6.89. The second kappa shape index (κ2) is 5.33. The van der Waals surface area contributed by atoms with E-state index < -0.39 is 0 Å². The van der Waals surface area contributed by atoms with E-state index in [9.17, 15) is 4.79 Å². The van der Waals surface area contributed by atoms with Crippen LogP contribution in [0.2, 0.25) is 5.02 Å². The van der Waals surface area contributed by atoms with Crippen molar-refractivity contribution in [1.82, 2.24) is 20.2 Å². The van der Waals surface area contributed by atoms with Gasteiger partial charge in [-0.05, 0) is 30.3 Å². The van der Waals surface area contributed by atoms with Gasteiger partial charge in [-0.15, -0.1) is 10.2 Å². The largest absolute Gasteiger partial charge is 0.338 e. The summed E-state index contributed by atoms with van der Waals surface area (Å²) in [5.74, 6) is -0.144. The number of carbonyl (C=O) groups is 1. The molecule has 112 valence electrons. The topological polar surface area (TPSA) is 83.6 Å². The number of nitrogens with one attached hydrogen (secondary N) is 2. The van der Waals surface area contributed by atoms with Crippen LogP contribution < -0.4 is 5.32 Å². The molecule has 0 aliphatic carbocycles. The molecular formula is C16H10ClN5O. The number of aromatic nitrogens is 4. The van der Waals surface area contributed by atoms with E-state index in [-0.39, 0.29) is 11.9 Å². The Kier molecular flexibility index (Phi) is 3.17. The predicted octanol–water partition coefficient (Wildman–Crippen LogP) is 3.41. The van der Waals surface area contributed by atoms with Crippen LogP contribution in [0.4, 0.5) is 5.95 Å². The summed E-state index contributed by atoms with van der Waals surface area (Å²) < 4.78 is 0. The quantitative estimate of drug-likeness (QED) is 0.592. The number of carbonyl (C=O) groups excluding carboxylic acids is 1. The Balaban J connectivity index is 1.72. The molecule has 0 fully saturated rings. The first-order valence-corrected chi connectivity index (χ1v) is 7.26. The molecule has 2 N–H and O–H groups in total. The highest BCUT2D eigenvalue weighted by atomic mass is 35.5. The maximum absolute atomic E-state index is 12.1. The average molecular weight is 324 g/mol. The van der Waals surface area contributed by atoms with Crippen molar-refractivity contribution in [3.8, 4) is 0 Å². The number of rotatable bonds is 2. The van der Waals surface area contributed by atoms with Gasteiger partial charge >= 0.3 is 0 Å². The van der Waals surface area contributed by atoms with Gasteiger partial charge in [0.15, 0.2) is 5.65 Å². The van der Waals surface area contributed by atoms with Crippen molar-refractivity contribution in [1.29, 1.82) is 0 Å². The smallest absolute Gasteiger partial charge is 0.258 e. The first-order chi connectivity index (χ1) is 11.2. The van der Waals surface area contributed by atoms with Crippen molar-refractivity contribution in [2.45, 2.75) is 0 Å². The van der Waals surface area contributed by atoms with Crippen LogP contribution in [0.5, 0.6) is 0 Å². The highest BCUT2D eigenvalue weighted by Gasteiger charge is 2.12. The van der Waals surface area contributed by atoms with E-state index in [0.717, 1.165) is 10.9 Å². The molecule has 1 amide bonds. The van der Waals surface area contributed by atoms with Crippen LogP contribution >= 0.6 is 11.6 Å². The Morgan fingerprint density at radius 3 is 2.74 bits per heavy atom. The monoisotopic (exact) mass is 323 g/mol. The molecule has 23 heavy (non-hydrogen) atoms. The van der Waals surface area contributed by atoms with Crippen molar-refractivity contribution in [3.63, 3.8) is 0 Å². The van der Waals surface area contributed by atoms with Crippen LogP contribution in [0.1, 0.15) is 10.4 Å². The van der Waals surface area contributed by atoms with E-state index in [1.54, 1.807) is 36.4 Å². The summed E-state index contributed by atoms with van der Waals surface area (Å²) in [4.78, 5) is 19.6. The lowest BCUT2D eigenvalue weighted by Gasteiger charge is -2.02. The molecule has 2 heterocycles. The molecule has 0 radical (unpaired) electrons. The van der Waals surface area contributed by atoms with Gasteiger partial charge in [0.1, 0.15) is 5.52 Å². The van der Waals surface area contributed by atoms with E-state index in [4.69, 9.17) is 11.6 Å². The van der Waals surface area contributed by atoms with E-state index in [1.807, 2.05) is 12.1 Å². The second-order valence-electron chi connectivity index (χ2n) is 4.97. The molecule has 0 unspecified atom stereocenters. The molecule has 0 bridgehead atoms. The van der Waals surface area contributed by atoms with Gasteiger partial charge in [0.25, 0.3) is 11.9 Å². The SMILES string of the molecule is O=C(Nc1nnc2c(n1)[nH]c1ccc(Cl)cc12)c1ccccc1. The van der Waals surface area contributed by atoms with Crippen molar-refractivity contribution >= 4 is 45.5 Å². The number of hydrogen-bond acceptors (Lipinski definition) is 4. The third-order valence-corrected chi connectivity index (χ3v) is 3.67. The van der Waals surface area contributed by atoms with Gasteiger partial charge < -0.3 is 4.98 Å². The minimum atomic E-state index is -0.286. The third kappa shape index (κ3) is 2.49. The van der Waals surface area contributed by atoms with Gasteiger partial charge in [0.2, 0.25) is 0 Å². The molecule has 0 aliphatic rings. The second-order valence-corrected chi connectivity index (χ2v) is 5.40. The van der Waals surface area contributed by atoms with Crippen LogP contribution in [-0.2, 0) is 0 Å². The Bertz CT molecular complexity index is 1030. The van der Waals surface area contributed by atoms with E-state index in [0.29, 0.717) is 21.7 Å². The van der Waals surface area contributed by atoms with Crippen molar-refractivity contribution in [2.75, 3.05) is 5.32 Å². The fraction of sp³-hybridized carbons (Fsp3) is 0. The Hall–Kier alpha value is -2.99. The number of H-pyrrole nitrogens is 1. The van der Waals surface area contributed by atoms with Gasteiger partial charge in [0, 0.05) is 21.5 Å². The van der Waals surface area contributed by atoms with Crippen LogP contribution in [-0.4, -0.2) is 26.1 Å². The van der Waals surface area contributed by atoms with E-state index in [2.05, 4.69) is 25.5 Å². The lowest BCUT2D eigenvalue weighted by Crippen LogP contribution is -2.14. The number of aromatic amines is 1. The average Bonchev–Trinajstić information content (AvgIpc) is 2.92. The maximum Gasteiger partial charge on any atom is 0.258 e. The number of amides is 1. The molecule has 0 atom stereocenters. The standard InChI is InChI=1S/C16H10ClN5O/c17-10-6-7-12-11(8-10)13-14(18-12)19-16(22-21-13)20-15(23)9-4-2-1-3-5-9/h1-8H,(H2,18,19,20,22,23). The minimum absolute atomic E-state index is 0.143. The molecule has 6 nitrogen and oxygen atoms in total. The molecule has 0 aliphatic heterocycles. The zero-order chi connectivity index (χ0) is 15.8. The summed E-state index contributed by atoms with van der Waals surface area (Å²) >= 11 is 6.00. The molecule has 4 aromatic rings. The summed E-state index contributed by atoms with van der Waals surface area (Å²) in [5.41, 5.74) is 2.54. The Labute approximate surface area is 135 Å². The zero-order valence-corrected chi connectivity index (χ0v) is 12.5. The summed E-state index contributed by atoms with van der Waals surface area (Å²) in [6.45, 7) is 0. The lowest BCUT2D eigenvalue weighted by molar-refractivity contribution is 0.102. The van der Waals surface area contributed by atoms with Gasteiger partial charge in [-0.3, -0.25) is 10.1 Å². The molecule has 0 saturated carbocycles. The van der Waals surface area contributed by atoms with Crippen LogP contribution in [0.15, 0.2) is 48.5 Å². The Morgan fingerprint density at radius 1 is 1.09 bits per heavy atom. The van der Waals surface area contributed by atoms with E-state index in [1.165, 1.54) is 0 Å². The predicted molar refractivity (Wildman–Crippen MR) is 88.6 cm³/mol. The third-order valence-electron chi connectivity index (χ3n) is 3.44. The molecule has 0 spiro atoms. The minimum Gasteiger partial charge on any atom is -0.338 e. The van der Waals surface area contributed by atoms with Gasteiger partial charge in [0.05, 0.1) is 0 Å². The fourth-order valence-electron chi connectivity index (χ4n) is 2.36. The normalized spacial score (nSPS) is 11.0. The van der Waals surface area contributed by atoms with Crippen molar-refractivity contribution in [2.24, 2.45) is 0 Å². The molecule has 7 heteroatoms. The van der Waals surface area contributed by atoms with Crippen molar-refractivity contribution < 1.29 is 4.79 Å². The summed E-state index contributed by atoms with van der Waals surface area (Å²) in [6, 6.07) is 14.3. The first kappa shape index (κ1) is 13.7. The summed E-state index contributed by atoms with van der Waals surface area (Å²) in [7, 11) is 0. The summed E-state index contributed by atoms with van der Waals surface area (Å²) in [6.07, 6.45) is 0. The number of fused-ring (bicyclic) bond motifs is 3. The Morgan fingerprint density at radius 2 is 1.91 bits per heavy atom. The number of halogens is 1. The van der Waals surface area contributed by atoms with Gasteiger partial charge in [-0.1, -0.05) is 29.8 Å². The zero-order valence-electron chi connectivity index (χ0n) is 11.7. The number of hydrogen-bond donors (Lipinski definition) is 2. The number of anilines is 1. The summed E-state index contributed by atoms with van der Waals surface area (Å²) in [5, 5.41) is 12.2. The molecule has 2 aromatic heterocycles. The molecule has 0 saturated heterocycles. The fourth-order valence-corrected chi connectivity index (χ4v) is 2.53. The highest BCUT2D eigenvalue weighted by Crippen LogP contribution is 2.25. The molecule has 2 aromatic carbocycles. The maximum atomic E-state index is 12.1. The van der Waals surface area contributed by atoms with E-state index >= 15 is 0 Å². The van der Waals surface area contributed by atoms with Crippen LogP contribution in [0.3, 0.4) is 0 Å². The molecule has 4 rings (SSSR count). The molecular weight excluding hydrogens is 314 g/mol. The van der Waals surface area contributed by atoms with Crippen molar-refractivity contribution in [3.05, 3.63) is 59.1 Å². The van der Waals surface area contributed by atoms with Gasteiger partial charge in [-0.25, -0.2) is 0 Å². The number of nitrogens with zero attached hydrogens (tertiary/aromatic N) is 3. The van der Waals surface area contributed by atoms with Gasteiger partial charge in [-0.2, -0.15) is 4.98 Å². The van der Waals surface area contributed by atoms with Crippen LogP contribution in [0.25, 0.3) is 22.1 Å². The lowest BCUT2D eigenvalue weighted by atomic mass is 10.2. The number of benzene rings is 2. The van der Waals surface area contributed by atoms with Crippen LogP contribution in [0, 0.1) is 0 Å². The highest BCUT2D eigenvalue weighted by molar-refractivity contribution is 6.31.